The van der Waals surface area contributed by atoms with Crippen molar-refractivity contribution in [2.45, 2.75) is 24.8 Å². The van der Waals surface area contributed by atoms with Crippen LogP contribution >= 0.6 is 48.6 Å². The molecule has 0 spiro atoms. The molecule has 3 aromatic rings. The fraction of sp³-hybridized carbons (Fsp3) is 0.286. The Balaban J connectivity index is 0.000000960. The van der Waals surface area contributed by atoms with Gasteiger partial charge in [0.15, 0.2) is 10.8 Å². The highest BCUT2D eigenvalue weighted by Crippen LogP contribution is 2.37. The lowest BCUT2D eigenvalue weighted by Gasteiger charge is -2.31. The van der Waals surface area contributed by atoms with Crippen LogP contribution in [0.1, 0.15) is 24.6 Å². The summed E-state index contributed by atoms with van der Waals surface area (Å²) in [6.45, 7) is 0. The number of thiazole rings is 1. The molecule has 0 bridgehead atoms. The normalized spacial score (nSPS) is 18.5. The van der Waals surface area contributed by atoms with E-state index < -0.39 is 0 Å². The Bertz CT molecular complexity index is 743. The van der Waals surface area contributed by atoms with Gasteiger partial charge in [-0.25, -0.2) is 4.98 Å². The molecule has 0 atom stereocenters. The predicted octanol–water partition coefficient (Wildman–Crippen LogP) is 3.26. The number of aromatic nitrogens is 5. The zero-order chi connectivity index (χ0) is 14.2. The van der Waals surface area contributed by atoms with Crippen LogP contribution in [0.15, 0.2) is 36.1 Å². The molecule has 1 aliphatic carbocycles. The van der Waals surface area contributed by atoms with Crippen LogP contribution in [0, 0.1) is 0 Å². The smallest absolute Gasteiger partial charge is 0.197 e. The van der Waals surface area contributed by atoms with Gasteiger partial charge in [0, 0.05) is 29.7 Å². The minimum absolute atomic E-state index is 0. The molecule has 24 heavy (non-hydrogen) atoms. The highest BCUT2D eigenvalue weighted by Gasteiger charge is 2.33. The van der Waals surface area contributed by atoms with E-state index in [-0.39, 0.29) is 43.3 Å². The van der Waals surface area contributed by atoms with E-state index in [2.05, 4.69) is 24.7 Å². The molecule has 1 saturated carbocycles. The van der Waals surface area contributed by atoms with E-state index in [0.29, 0.717) is 5.92 Å². The zero-order valence-electron chi connectivity index (χ0n) is 12.5. The van der Waals surface area contributed by atoms with Gasteiger partial charge in [-0.1, -0.05) is 0 Å². The maximum atomic E-state index is 5.92. The Morgan fingerprint density at radius 1 is 1.12 bits per heavy atom. The molecule has 3 aromatic heterocycles. The second-order valence-electron chi connectivity index (χ2n) is 5.19. The van der Waals surface area contributed by atoms with Gasteiger partial charge < -0.3 is 5.73 Å². The fourth-order valence-electron chi connectivity index (χ4n) is 2.65. The van der Waals surface area contributed by atoms with Crippen LogP contribution in [0.5, 0.6) is 0 Å². The third-order valence-corrected chi connectivity index (χ3v) is 4.52. The monoisotopic (exact) mass is 406 g/mol. The van der Waals surface area contributed by atoms with Crippen LogP contribution < -0.4 is 5.73 Å². The summed E-state index contributed by atoms with van der Waals surface area (Å²) in [6.07, 6.45) is 7.27. The Hall–Kier alpha value is -1.25. The highest BCUT2D eigenvalue weighted by atomic mass is 35.5. The molecular formula is C14H17Cl3N6S. The first kappa shape index (κ1) is 20.8. The Kier molecular flexibility index (Phi) is 7.56. The lowest BCUT2D eigenvalue weighted by Crippen LogP contribution is -2.36. The SMILES string of the molecule is Cl.Cl.Cl.N[C@H]1C[C@H](c2nnc(-c3nccs3)n2-c2cccnc2)C1. The Morgan fingerprint density at radius 3 is 2.50 bits per heavy atom. The fourth-order valence-corrected chi connectivity index (χ4v) is 3.26. The van der Waals surface area contributed by atoms with Gasteiger partial charge in [0.25, 0.3) is 0 Å². The van der Waals surface area contributed by atoms with Gasteiger partial charge in [-0.3, -0.25) is 9.55 Å². The molecule has 2 N–H and O–H groups in total. The van der Waals surface area contributed by atoms with Gasteiger partial charge in [0.2, 0.25) is 0 Å². The number of halogens is 3. The van der Waals surface area contributed by atoms with Crippen molar-refractivity contribution < 1.29 is 0 Å². The molecule has 0 radical (unpaired) electrons. The number of hydrogen-bond acceptors (Lipinski definition) is 6. The van der Waals surface area contributed by atoms with Crippen LogP contribution in [0.3, 0.4) is 0 Å². The number of rotatable bonds is 3. The molecule has 130 valence electrons. The van der Waals surface area contributed by atoms with Crippen molar-refractivity contribution in [3.05, 3.63) is 41.9 Å². The van der Waals surface area contributed by atoms with Crippen LogP contribution in [0.2, 0.25) is 0 Å². The van der Waals surface area contributed by atoms with Gasteiger partial charge in [-0.2, -0.15) is 0 Å². The van der Waals surface area contributed by atoms with E-state index in [9.17, 15) is 0 Å². The van der Waals surface area contributed by atoms with Gasteiger partial charge in [0.1, 0.15) is 5.82 Å². The first-order valence-electron chi connectivity index (χ1n) is 6.84. The van der Waals surface area contributed by atoms with Crippen molar-refractivity contribution in [2.24, 2.45) is 5.73 Å². The summed E-state index contributed by atoms with van der Waals surface area (Å²) in [4.78, 5) is 8.56. The van der Waals surface area contributed by atoms with E-state index in [1.807, 2.05) is 23.7 Å². The van der Waals surface area contributed by atoms with Crippen molar-refractivity contribution in [1.82, 2.24) is 24.7 Å². The molecule has 0 aromatic carbocycles. The van der Waals surface area contributed by atoms with Gasteiger partial charge in [0.05, 0.1) is 11.9 Å². The van der Waals surface area contributed by atoms with Crippen molar-refractivity contribution in [3.63, 3.8) is 0 Å². The molecule has 0 saturated heterocycles. The topological polar surface area (TPSA) is 82.5 Å². The summed E-state index contributed by atoms with van der Waals surface area (Å²) >= 11 is 1.56. The third kappa shape index (κ3) is 3.70. The van der Waals surface area contributed by atoms with Crippen molar-refractivity contribution in [1.29, 1.82) is 0 Å². The molecule has 1 fully saturated rings. The average molecular weight is 408 g/mol. The molecule has 10 heteroatoms. The molecular weight excluding hydrogens is 391 g/mol. The predicted molar refractivity (Wildman–Crippen MR) is 102 cm³/mol. The maximum absolute atomic E-state index is 5.92. The van der Waals surface area contributed by atoms with Crippen molar-refractivity contribution in [3.8, 4) is 16.5 Å². The molecule has 4 rings (SSSR count). The van der Waals surface area contributed by atoms with Gasteiger partial charge in [-0.15, -0.1) is 58.8 Å². The summed E-state index contributed by atoms with van der Waals surface area (Å²) in [5.74, 6) is 2.09. The van der Waals surface area contributed by atoms with E-state index in [1.54, 1.807) is 23.7 Å². The van der Waals surface area contributed by atoms with E-state index in [4.69, 9.17) is 5.73 Å². The second-order valence-corrected chi connectivity index (χ2v) is 6.09. The molecule has 3 heterocycles. The molecule has 0 unspecified atom stereocenters. The summed E-state index contributed by atoms with van der Waals surface area (Å²) in [5.41, 5.74) is 6.88. The lowest BCUT2D eigenvalue weighted by molar-refractivity contribution is 0.335. The Labute approximate surface area is 162 Å². The summed E-state index contributed by atoms with van der Waals surface area (Å²) in [6, 6.07) is 4.20. The number of hydrogen-bond donors (Lipinski definition) is 1. The summed E-state index contributed by atoms with van der Waals surface area (Å²) < 4.78 is 2.06. The number of nitrogens with zero attached hydrogens (tertiary/aromatic N) is 5. The zero-order valence-corrected chi connectivity index (χ0v) is 15.7. The minimum atomic E-state index is 0. The maximum Gasteiger partial charge on any atom is 0.197 e. The Morgan fingerprint density at radius 2 is 1.92 bits per heavy atom. The lowest BCUT2D eigenvalue weighted by atomic mass is 9.80. The quantitative estimate of drug-likeness (QED) is 0.720. The minimum Gasteiger partial charge on any atom is -0.328 e. The van der Waals surface area contributed by atoms with Crippen molar-refractivity contribution >= 4 is 48.6 Å². The third-order valence-electron chi connectivity index (χ3n) is 3.76. The molecule has 1 aliphatic rings. The summed E-state index contributed by atoms with van der Waals surface area (Å²) in [7, 11) is 0. The summed E-state index contributed by atoms with van der Waals surface area (Å²) in [5, 5.41) is 11.6. The van der Waals surface area contributed by atoms with E-state index in [1.165, 1.54) is 0 Å². The highest BCUT2D eigenvalue weighted by molar-refractivity contribution is 7.13. The van der Waals surface area contributed by atoms with Crippen LogP contribution in [0.4, 0.5) is 0 Å². The van der Waals surface area contributed by atoms with Crippen molar-refractivity contribution in [2.75, 3.05) is 0 Å². The van der Waals surface area contributed by atoms with E-state index in [0.717, 1.165) is 35.2 Å². The molecule has 0 amide bonds. The van der Waals surface area contributed by atoms with Gasteiger partial charge >= 0.3 is 0 Å². The first-order chi connectivity index (χ1) is 10.3. The molecule has 0 aliphatic heterocycles. The standard InChI is InChI=1S/C14H14N6S.3ClH/c15-10-6-9(7-10)12-18-19-13(14-17-4-5-21-14)20(12)11-2-1-3-16-8-11;;;/h1-5,8-10H,6-7,15H2;3*1H/t9-,10-;;;. The van der Waals surface area contributed by atoms with Crippen LogP contribution in [0.25, 0.3) is 16.5 Å². The molecule has 6 nitrogen and oxygen atoms in total. The van der Waals surface area contributed by atoms with E-state index >= 15 is 0 Å². The largest absolute Gasteiger partial charge is 0.328 e. The first-order valence-corrected chi connectivity index (χ1v) is 7.72. The van der Waals surface area contributed by atoms with Crippen LogP contribution in [-0.2, 0) is 0 Å². The number of nitrogens with two attached hydrogens (primary N) is 1. The number of pyridine rings is 1. The second kappa shape index (κ2) is 8.73. The van der Waals surface area contributed by atoms with Crippen LogP contribution in [-0.4, -0.2) is 30.8 Å². The van der Waals surface area contributed by atoms with Gasteiger partial charge in [-0.05, 0) is 25.0 Å². The average Bonchev–Trinajstić information content (AvgIpc) is 3.13.